The smallest absolute Gasteiger partial charge is 0.0644 e. The molecule has 0 amide bonds. The summed E-state index contributed by atoms with van der Waals surface area (Å²) in [5.74, 6) is 0. The van der Waals surface area contributed by atoms with Crippen LogP contribution in [0.1, 0.15) is 39.5 Å². The van der Waals surface area contributed by atoms with Gasteiger partial charge in [0.05, 0.1) is 12.2 Å². The molecule has 0 atom stereocenters. The highest BCUT2D eigenvalue weighted by Gasteiger charge is 2.36. The summed E-state index contributed by atoms with van der Waals surface area (Å²) >= 11 is 3.58. The highest BCUT2D eigenvalue weighted by Crippen LogP contribution is 2.42. The van der Waals surface area contributed by atoms with Gasteiger partial charge in [-0.3, -0.25) is 0 Å². The predicted molar refractivity (Wildman–Crippen MR) is 66.6 cm³/mol. The molecule has 15 heavy (non-hydrogen) atoms. The van der Waals surface area contributed by atoms with Crippen LogP contribution in [-0.4, -0.2) is 31.3 Å². The number of hydrogen-bond donors (Lipinski definition) is 0. The van der Waals surface area contributed by atoms with E-state index in [9.17, 15) is 0 Å². The Labute approximate surface area is 102 Å². The molecule has 0 aromatic rings. The van der Waals surface area contributed by atoms with Crippen molar-refractivity contribution in [3.63, 3.8) is 0 Å². The average Bonchev–Trinajstić information content (AvgIpc) is 2.16. The van der Waals surface area contributed by atoms with Crippen molar-refractivity contribution >= 4 is 15.9 Å². The zero-order valence-corrected chi connectivity index (χ0v) is 11.7. The molecule has 0 radical (unpaired) electrons. The van der Waals surface area contributed by atoms with E-state index >= 15 is 0 Å². The Balaban J connectivity index is 2.11. The number of halogens is 1. The fourth-order valence-electron chi connectivity index (χ4n) is 1.70. The second kappa shape index (κ2) is 5.65. The maximum Gasteiger partial charge on any atom is 0.0644 e. The lowest BCUT2D eigenvalue weighted by atomic mass is 9.71. The molecule has 0 aromatic heterocycles. The molecular formula is C12H23BrO2. The monoisotopic (exact) mass is 278 g/mol. The van der Waals surface area contributed by atoms with Crippen molar-refractivity contribution in [2.75, 3.05) is 25.7 Å². The Bertz CT molecular complexity index is 183. The van der Waals surface area contributed by atoms with E-state index in [1.165, 1.54) is 19.3 Å². The van der Waals surface area contributed by atoms with Crippen LogP contribution in [0.2, 0.25) is 0 Å². The fourth-order valence-corrected chi connectivity index (χ4v) is 2.42. The van der Waals surface area contributed by atoms with E-state index in [4.69, 9.17) is 9.47 Å². The van der Waals surface area contributed by atoms with Crippen LogP contribution in [-0.2, 0) is 9.47 Å². The Morgan fingerprint density at radius 1 is 1.33 bits per heavy atom. The van der Waals surface area contributed by atoms with Crippen molar-refractivity contribution in [2.24, 2.45) is 5.41 Å². The van der Waals surface area contributed by atoms with Gasteiger partial charge < -0.3 is 9.47 Å². The minimum atomic E-state index is -0.0544. The van der Waals surface area contributed by atoms with Gasteiger partial charge in [-0.25, -0.2) is 0 Å². The second-order valence-electron chi connectivity index (χ2n) is 5.25. The van der Waals surface area contributed by atoms with E-state index in [1.807, 2.05) is 0 Å². The molecule has 1 aliphatic carbocycles. The van der Waals surface area contributed by atoms with Gasteiger partial charge in [0, 0.05) is 24.5 Å². The van der Waals surface area contributed by atoms with Gasteiger partial charge in [-0.05, 0) is 33.1 Å². The lowest BCUT2D eigenvalue weighted by Gasteiger charge is -2.40. The normalized spacial score (nSPS) is 20.0. The maximum atomic E-state index is 5.76. The zero-order chi connectivity index (χ0) is 11.4. The van der Waals surface area contributed by atoms with Crippen molar-refractivity contribution in [1.82, 2.24) is 0 Å². The maximum absolute atomic E-state index is 5.76. The van der Waals surface area contributed by atoms with Crippen molar-refractivity contribution in [1.29, 1.82) is 0 Å². The van der Waals surface area contributed by atoms with Crippen LogP contribution in [0.15, 0.2) is 0 Å². The van der Waals surface area contributed by atoms with E-state index in [2.05, 4.69) is 29.8 Å². The molecular weight excluding hydrogens is 256 g/mol. The molecule has 0 bridgehead atoms. The molecule has 0 saturated heterocycles. The van der Waals surface area contributed by atoms with E-state index in [-0.39, 0.29) is 5.60 Å². The van der Waals surface area contributed by atoms with Crippen LogP contribution in [0.3, 0.4) is 0 Å². The molecule has 1 fully saturated rings. The average molecular weight is 279 g/mol. The summed E-state index contributed by atoms with van der Waals surface area (Å²) in [5.41, 5.74) is 0.387. The van der Waals surface area contributed by atoms with Gasteiger partial charge in [0.2, 0.25) is 0 Å². The Morgan fingerprint density at radius 3 is 2.40 bits per heavy atom. The molecule has 0 spiro atoms. The first-order valence-electron chi connectivity index (χ1n) is 5.72. The molecule has 1 saturated carbocycles. The number of alkyl halides is 1. The highest BCUT2D eigenvalue weighted by atomic mass is 79.9. The van der Waals surface area contributed by atoms with Gasteiger partial charge >= 0.3 is 0 Å². The predicted octanol–water partition coefficient (Wildman–Crippen LogP) is 3.38. The quantitative estimate of drug-likeness (QED) is 0.525. The zero-order valence-electron chi connectivity index (χ0n) is 10.1. The summed E-state index contributed by atoms with van der Waals surface area (Å²) in [6.45, 7) is 5.90. The van der Waals surface area contributed by atoms with Crippen LogP contribution < -0.4 is 0 Å². The first-order valence-corrected chi connectivity index (χ1v) is 6.85. The molecule has 0 heterocycles. The van der Waals surface area contributed by atoms with E-state index in [1.54, 1.807) is 7.11 Å². The van der Waals surface area contributed by atoms with Gasteiger partial charge in [-0.1, -0.05) is 22.4 Å². The minimum absolute atomic E-state index is 0.0544. The summed E-state index contributed by atoms with van der Waals surface area (Å²) in [7, 11) is 1.76. The van der Waals surface area contributed by atoms with Crippen molar-refractivity contribution in [2.45, 2.75) is 45.1 Å². The largest absolute Gasteiger partial charge is 0.381 e. The second-order valence-corrected chi connectivity index (χ2v) is 5.81. The third-order valence-corrected chi connectivity index (χ3v) is 4.70. The molecule has 0 unspecified atom stereocenters. The molecule has 1 aliphatic rings. The number of methoxy groups -OCH3 is 1. The van der Waals surface area contributed by atoms with Gasteiger partial charge in [-0.15, -0.1) is 0 Å². The number of rotatable bonds is 7. The first-order chi connectivity index (χ1) is 7.04. The summed E-state index contributed by atoms with van der Waals surface area (Å²) in [6.07, 6.45) is 4.94. The number of ether oxygens (including phenoxy) is 2. The molecule has 0 N–H and O–H groups in total. The van der Waals surface area contributed by atoms with Gasteiger partial charge in [0.15, 0.2) is 0 Å². The SMILES string of the molecule is COC(C)(C)CCOCC1(CBr)CCC1. The molecule has 3 heteroatoms. The summed E-state index contributed by atoms with van der Waals surface area (Å²) < 4.78 is 11.1. The van der Waals surface area contributed by atoms with Crippen LogP contribution >= 0.6 is 15.9 Å². The van der Waals surface area contributed by atoms with Crippen LogP contribution in [0.25, 0.3) is 0 Å². The van der Waals surface area contributed by atoms with Gasteiger partial charge in [0.1, 0.15) is 0 Å². The van der Waals surface area contributed by atoms with Crippen molar-refractivity contribution in [3.05, 3.63) is 0 Å². The van der Waals surface area contributed by atoms with Crippen molar-refractivity contribution < 1.29 is 9.47 Å². The van der Waals surface area contributed by atoms with E-state index in [0.29, 0.717) is 5.41 Å². The van der Waals surface area contributed by atoms with Crippen LogP contribution in [0, 0.1) is 5.41 Å². The van der Waals surface area contributed by atoms with Crippen LogP contribution in [0.5, 0.6) is 0 Å². The standard InChI is InChI=1S/C12H23BrO2/c1-11(2,14-3)7-8-15-10-12(9-13)5-4-6-12/h4-10H2,1-3H3. The van der Waals surface area contributed by atoms with E-state index < -0.39 is 0 Å². The van der Waals surface area contributed by atoms with Crippen molar-refractivity contribution in [3.8, 4) is 0 Å². The molecule has 1 rings (SSSR count). The summed E-state index contributed by atoms with van der Waals surface area (Å²) in [5, 5.41) is 1.08. The molecule has 2 nitrogen and oxygen atoms in total. The van der Waals surface area contributed by atoms with Gasteiger partial charge in [-0.2, -0.15) is 0 Å². The topological polar surface area (TPSA) is 18.5 Å². The Hall–Kier alpha value is 0.400. The van der Waals surface area contributed by atoms with Crippen LogP contribution in [0.4, 0.5) is 0 Å². The third kappa shape index (κ3) is 4.04. The highest BCUT2D eigenvalue weighted by molar-refractivity contribution is 9.09. The number of hydrogen-bond acceptors (Lipinski definition) is 2. The minimum Gasteiger partial charge on any atom is -0.381 e. The fraction of sp³-hybridized carbons (Fsp3) is 1.00. The lowest BCUT2D eigenvalue weighted by Crippen LogP contribution is -2.36. The molecule has 0 aromatic carbocycles. The first kappa shape index (κ1) is 13.5. The van der Waals surface area contributed by atoms with E-state index in [0.717, 1.165) is 25.0 Å². The van der Waals surface area contributed by atoms with Gasteiger partial charge in [0.25, 0.3) is 0 Å². The lowest BCUT2D eigenvalue weighted by molar-refractivity contribution is -0.0350. The Kier molecular flexibility index (Phi) is 5.07. The Morgan fingerprint density at radius 2 is 2.00 bits per heavy atom. The summed E-state index contributed by atoms with van der Waals surface area (Å²) in [6, 6.07) is 0. The molecule has 0 aliphatic heterocycles. The molecule has 90 valence electrons. The summed E-state index contributed by atoms with van der Waals surface area (Å²) in [4.78, 5) is 0. The third-order valence-electron chi connectivity index (χ3n) is 3.51.